The van der Waals surface area contributed by atoms with Crippen LogP contribution in [0.5, 0.6) is 0 Å². The van der Waals surface area contributed by atoms with Crippen molar-refractivity contribution < 1.29 is 5.11 Å². The maximum absolute atomic E-state index is 9.45. The summed E-state index contributed by atoms with van der Waals surface area (Å²) in [4.78, 5) is 2.51. The summed E-state index contributed by atoms with van der Waals surface area (Å²) in [6.07, 6.45) is 3.51. The number of anilines is 1. The summed E-state index contributed by atoms with van der Waals surface area (Å²) < 4.78 is 0. The van der Waals surface area contributed by atoms with E-state index in [1.165, 1.54) is 37.9 Å². The molecular formula is C15H23ClN2O. The van der Waals surface area contributed by atoms with E-state index in [9.17, 15) is 5.11 Å². The lowest BCUT2D eigenvalue weighted by molar-refractivity contribution is 0.211. The van der Waals surface area contributed by atoms with Crippen molar-refractivity contribution >= 4 is 17.3 Å². The third kappa shape index (κ3) is 5.01. The highest BCUT2D eigenvalue weighted by molar-refractivity contribution is 6.18. The number of nitrogens with zero attached hydrogens (tertiary/aromatic N) is 1. The molecule has 4 heteroatoms. The number of alkyl halides is 1. The zero-order valence-electron chi connectivity index (χ0n) is 11.3. The van der Waals surface area contributed by atoms with Gasteiger partial charge in [-0.1, -0.05) is 18.6 Å². The molecule has 2 rings (SSSR count). The molecule has 1 aliphatic heterocycles. The third-order valence-corrected chi connectivity index (χ3v) is 3.86. The van der Waals surface area contributed by atoms with E-state index >= 15 is 0 Å². The number of halogens is 1. The molecule has 0 aliphatic carbocycles. The first-order chi connectivity index (χ1) is 9.28. The molecule has 1 unspecified atom stereocenters. The molecule has 0 radical (unpaired) electrons. The molecule has 0 bridgehead atoms. The van der Waals surface area contributed by atoms with Crippen LogP contribution in [-0.4, -0.2) is 41.6 Å². The zero-order valence-corrected chi connectivity index (χ0v) is 12.1. The summed E-state index contributed by atoms with van der Waals surface area (Å²) in [5.41, 5.74) is 2.38. The van der Waals surface area contributed by atoms with Crippen LogP contribution >= 0.6 is 11.6 Å². The topological polar surface area (TPSA) is 35.5 Å². The Morgan fingerprint density at radius 3 is 2.79 bits per heavy atom. The van der Waals surface area contributed by atoms with Gasteiger partial charge in [-0.25, -0.2) is 0 Å². The SMILES string of the molecule is OC(CCl)CNc1cccc(CN2CCCCC2)c1. The minimum Gasteiger partial charge on any atom is -0.390 e. The van der Waals surface area contributed by atoms with Gasteiger partial charge in [-0.15, -0.1) is 11.6 Å². The second-order valence-corrected chi connectivity index (χ2v) is 5.53. The first-order valence-corrected chi connectivity index (χ1v) is 7.60. The lowest BCUT2D eigenvalue weighted by Crippen LogP contribution is -2.29. The normalized spacial score (nSPS) is 18.2. The van der Waals surface area contributed by atoms with Gasteiger partial charge in [0.15, 0.2) is 0 Å². The van der Waals surface area contributed by atoms with Crippen molar-refractivity contribution in [2.24, 2.45) is 0 Å². The van der Waals surface area contributed by atoms with Crippen LogP contribution in [0.15, 0.2) is 24.3 Å². The van der Waals surface area contributed by atoms with Crippen LogP contribution in [0.3, 0.4) is 0 Å². The fraction of sp³-hybridized carbons (Fsp3) is 0.600. The largest absolute Gasteiger partial charge is 0.390 e. The predicted molar refractivity (Wildman–Crippen MR) is 80.8 cm³/mol. The smallest absolute Gasteiger partial charge is 0.0847 e. The zero-order chi connectivity index (χ0) is 13.5. The Balaban J connectivity index is 1.87. The van der Waals surface area contributed by atoms with E-state index in [-0.39, 0.29) is 5.88 Å². The molecule has 19 heavy (non-hydrogen) atoms. The summed E-state index contributed by atoms with van der Waals surface area (Å²) in [6, 6.07) is 8.42. The van der Waals surface area contributed by atoms with Crippen molar-refractivity contribution in [1.29, 1.82) is 0 Å². The summed E-state index contributed by atoms with van der Waals surface area (Å²) in [5.74, 6) is 0.264. The highest BCUT2D eigenvalue weighted by Gasteiger charge is 2.10. The fourth-order valence-electron chi connectivity index (χ4n) is 2.45. The van der Waals surface area contributed by atoms with Gasteiger partial charge in [-0.2, -0.15) is 0 Å². The molecule has 3 nitrogen and oxygen atoms in total. The molecule has 0 saturated carbocycles. The minimum atomic E-state index is -0.493. The number of nitrogens with one attached hydrogen (secondary N) is 1. The fourth-order valence-corrected chi connectivity index (χ4v) is 2.55. The van der Waals surface area contributed by atoms with Gasteiger partial charge in [0.05, 0.1) is 12.0 Å². The summed E-state index contributed by atoms with van der Waals surface area (Å²) in [7, 11) is 0. The summed E-state index contributed by atoms with van der Waals surface area (Å²) in [5, 5.41) is 12.7. The van der Waals surface area contributed by atoms with Crippen LogP contribution < -0.4 is 5.32 Å². The lowest BCUT2D eigenvalue weighted by atomic mass is 10.1. The number of rotatable bonds is 6. The molecule has 0 spiro atoms. The van der Waals surface area contributed by atoms with Crippen molar-refractivity contribution in [2.45, 2.75) is 31.9 Å². The molecule has 2 N–H and O–H groups in total. The van der Waals surface area contributed by atoms with Crippen molar-refractivity contribution in [3.63, 3.8) is 0 Å². The molecule has 0 aromatic heterocycles. The monoisotopic (exact) mass is 282 g/mol. The number of benzene rings is 1. The number of hydrogen-bond donors (Lipinski definition) is 2. The molecule has 1 fully saturated rings. The van der Waals surface area contributed by atoms with Gasteiger partial charge in [0, 0.05) is 18.8 Å². The molecular weight excluding hydrogens is 260 g/mol. The average molecular weight is 283 g/mol. The van der Waals surface area contributed by atoms with Crippen molar-refractivity contribution in [3.8, 4) is 0 Å². The molecule has 106 valence electrons. The standard InChI is InChI=1S/C15H23ClN2O/c16-10-15(19)11-17-14-6-4-5-13(9-14)12-18-7-2-1-3-8-18/h4-6,9,15,17,19H,1-3,7-8,10-12H2. The quantitative estimate of drug-likeness (QED) is 0.788. The molecule has 1 aliphatic rings. The Kier molecular flexibility index (Phi) is 5.95. The first kappa shape index (κ1) is 14.6. The molecule has 1 aromatic rings. The number of aliphatic hydroxyl groups excluding tert-OH is 1. The first-order valence-electron chi connectivity index (χ1n) is 7.07. The van der Waals surface area contributed by atoms with Crippen molar-refractivity contribution in [2.75, 3.05) is 30.8 Å². The van der Waals surface area contributed by atoms with Crippen LogP contribution in [0.25, 0.3) is 0 Å². The summed E-state index contributed by atoms with van der Waals surface area (Å²) in [6.45, 7) is 3.94. The van der Waals surface area contributed by atoms with E-state index < -0.39 is 6.10 Å². The summed E-state index contributed by atoms with van der Waals surface area (Å²) >= 11 is 5.58. The van der Waals surface area contributed by atoms with E-state index in [2.05, 4.69) is 28.4 Å². The molecule has 1 atom stereocenters. The van der Waals surface area contributed by atoms with Crippen LogP contribution in [0.2, 0.25) is 0 Å². The Hall–Kier alpha value is -0.770. The molecule has 1 heterocycles. The van der Waals surface area contributed by atoms with Crippen molar-refractivity contribution in [1.82, 2.24) is 4.90 Å². The Bertz CT molecular complexity index is 380. The Labute approximate surface area is 120 Å². The highest BCUT2D eigenvalue weighted by Crippen LogP contribution is 2.16. The van der Waals surface area contributed by atoms with E-state index in [1.807, 2.05) is 6.07 Å². The molecule has 1 saturated heterocycles. The van der Waals surface area contributed by atoms with Crippen LogP contribution in [0, 0.1) is 0 Å². The number of aliphatic hydroxyl groups is 1. The van der Waals surface area contributed by atoms with Gasteiger partial charge in [0.1, 0.15) is 0 Å². The van der Waals surface area contributed by atoms with E-state index in [4.69, 9.17) is 11.6 Å². The van der Waals surface area contributed by atoms with Gasteiger partial charge >= 0.3 is 0 Å². The Morgan fingerprint density at radius 2 is 2.05 bits per heavy atom. The van der Waals surface area contributed by atoms with Crippen LogP contribution in [-0.2, 0) is 6.54 Å². The van der Waals surface area contributed by atoms with E-state index in [0.29, 0.717) is 6.54 Å². The third-order valence-electron chi connectivity index (χ3n) is 3.50. The minimum absolute atomic E-state index is 0.264. The lowest BCUT2D eigenvalue weighted by Gasteiger charge is -2.26. The van der Waals surface area contributed by atoms with Gasteiger partial charge in [-0.05, 0) is 43.6 Å². The molecule has 1 aromatic carbocycles. The van der Waals surface area contributed by atoms with Crippen LogP contribution in [0.1, 0.15) is 24.8 Å². The van der Waals surface area contributed by atoms with Crippen molar-refractivity contribution in [3.05, 3.63) is 29.8 Å². The number of likely N-dealkylation sites (tertiary alicyclic amines) is 1. The van der Waals surface area contributed by atoms with Gasteiger partial charge in [-0.3, -0.25) is 4.90 Å². The van der Waals surface area contributed by atoms with E-state index in [1.54, 1.807) is 0 Å². The molecule has 0 amide bonds. The van der Waals surface area contributed by atoms with Gasteiger partial charge < -0.3 is 10.4 Å². The second kappa shape index (κ2) is 7.73. The van der Waals surface area contributed by atoms with Gasteiger partial charge in [0.25, 0.3) is 0 Å². The van der Waals surface area contributed by atoms with Crippen LogP contribution in [0.4, 0.5) is 5.69 Å². The average Bonchev–Trinajstić information content (AvgIpc) is 2.46. The maximum Gasteiger partial charge on any atom is 0.0847 e. The second-order valence-electron chi connectivity index (χ2n) is 5.23. The highest BCUT2D eigenvalue weighted by atomic mass is 35.5. The maximum atomic E-state index is 9.45. The van der Waals surface area contributed by atoms with Gasteiger partial charge in [0.2, 0.25) is 0 Å². The van der Waals surface area contributed by atoms with E-state index in [0.717, 1.165) is 12.2 Å². The number of piperidine rings is 1. The number of hydrogen-bond acceptors (Lipinski definition) is 3. The predicted octanol–water partition coefficient (Wildman–Crippen LogP) is 2.68. The Morgan fingerprint density at radius 1 is 1.26 bits per heavy atom.